The number of carbonyl (C=O) groups excluding carboxylic acids is 1. The number of ketones is 1. The average Bonchev–Trinajstić information content (AvgIpc) is 3.46. The Labute approximate surface area is 211 Å². The lowest BCUT2D eigenvalue weighted by Crippen LogP contribution is -2.22. The molecule has 5 rings (SSSR count). The Morgan fingerprint density at radius 1 is 1.14 bits per heavy atom. The second-order valence-corrected chi connectivity index (χ2v) is 10.5. The normalized spacial score (nSPS) is 15.8. The Morgan fingerprint density at radius 3 is 2.75 bits per heavy atom. The first-order valence-electron chi connectivity index (χ1n) is 12.4. The number of nitrogens with zero attached hydrogens (tertiary/aromatic N) is 7. The van der Waals surface area contributed by atoms with Crippen LogP contribution < -0.4 is 5.32 Å². The number of hydrogen-bond donors (Lipinski definition) is 1. The number of hydrogen-bond acceptors (Lipinski definition) is 7. The van der Waals surface area contributed by atoms with Crippen LogP contribution in [-0.2, 0) is 19.0 Å². The summed E-state index contributed by atoms with van der Waals surface area (Å²) in [4.78, 5) is 22.3. The molecule has 9 nitrogen and oxygen atoms in total. The lowest BCUT2D eigenvalue weighted by Gasteiger charge is -2.18. The van der Waals surface area contributed by atoms with Crippen LogP contribution in [0.3, 0.4) is 0 Å². The van der Waals surface area contributed by atoms with E-state index in [0.29, 0.717) is 12.1 Å². The first kappa shape index (κ1) is 23.8. The van der Waals surface area contributed by atoms with Gasteiger partial charge in [0.1, 0.15) is 11.5 Å². The largest absolute Gasteiger partial charge is 0.338 e. The zero-order valence-electron chi connectivity index (χ0n) is 21.3. The molecule has 4 aromatic rings. The summed E-state index contributed by atoms with van der Waals surface area (Å²) in [5.74, 6) is 0.910. The predicted octanol–water partition coefficient (Wildman–Crippen LogP) is 5.05. The molecule has 0 spiro atoms. The first-order chi connectivity index (χ1) is 17.3. The fourth-order valence-corrected chi connectivity index (χ4v) is 4.66. The molecular weight excluding hydrogens is 452 g/mol. The summed E-state index contributed by atoms with van der Waals surface area (Å²) in [7, 11) is 1.88. The van der Waals surface area contributed by atoms with Crippen molar-refractivity contribution in [3.8, 4) is 11.3 Å². The van der Waals surface area contributed by atoms with E-state index >= 15 is 0 Å². The van der Waals surface area contributed by atoms with Gasteiger partial charge >= 0.3 is 0 Å². The van der Waals surface area contributed by atoms with Gasteiger partial charge in [-0.05, 0) is 75.3 Å². The van der Waals surface area contributed by atoms with E-state index in [1.165, 1.54) is 11.1 Å². The van der Waals surface area contributed by atoms with E-state index in [2.05, 4.69) is 31.8 Å². The van der Waals surface area contributed by atoms with Crippen LogP contribution in [0.25, 0.3) is 11.3 Å². The summed E-state index contributed by atoms with van der Waals surface area (Å²) >= 11 is 0. The van der Waals surface area contributed by atoms with E-state index in [1.54, 1.807) is 28.0 Å². The number of anilines is 2. The molecule has 0 saturated heterocycles. The van der Waals surface area contributed by atoms with E-state index < -0.39 is 0 Å². The molecule has 4 heterocycles. The average molecular weight is 485 g/mol. The zero-order valence-corrected chi connectivity index (χ0v) is 21.3. The van der Waals surface area contributed by atoms with Crippen molar-refractivity contribution < 1.29 is 4.79 Å². The zero-order chi connectivity index (χ0) is 25.3. The van der Waals surface area contributed by atoms with Crippen LogP contribution >= 0.6 is 0 Å². The molecule has 0 radical (unpaired) electrons. The fourth-order valence-electron chi connectivity index (χ4n) is 4.66. The molecule has 1 aliphatic rings. The fraction of sp³-hybridized carbons (Fsp3) is 0.407. The quantitative estimate of drug-likeness (QED) is 0.302. The maximum absolute atomic E-state index is 13.1. The molecule has 1 atom stereocenters. The van der Waals surface area contributed by atoms with Gasteiger partial charge in [-0.25, -0.2) is 9.67 Å². The molecule has 1 aliphatic carbocycles. The van der Waals surface area contributed by atoms with Crippen LogP contribution in [-0.4, -0.2) is 40.5 Å². The molecule has 1 unspecified atom stereocenters. The first-order valence-corrected chi connectivity index (χ1v) is 12.4. The van der Waals surface area contributed by atoms with Crippen LogP contribution in [0.2, 0.25) is 0 Å². The Bertz CT molecular complexity index is 1380. The van der Waals surface area contributed by atoms with Crippen molar-refractivity contribution in [3.05, 3.63) is 66.0 Å². The highest BCUT2D eigenvalue weighted by molar-refractivity contribution is 5.94. The number of nitrogens with one attached hydrogen (secondary N) is 1. The van der Waals surface area contributed by atoms with Crippen LogP contribution in [0, 0.1) is 0 Å². The summed E-state index contributed by atoms with van der Waals surface area (Å²) in [5.41, 5.74) is 5.46. The summed E-state index contributed by atoms with van der Waals surface area (Å²) in [5, 5.41) is 15.8. The number of pyridine rings is 2. The number of carbonyl (C=O) groups is 1. The molecule has 0 aliphatic heterocycles. The van der Waals surface area contributed by atoms with Crippen molar-refractivity contribution in [3.63, 3.8) is 0 Å². The predicted molar refractivity (Wildman–Crippen MR) is 138 cm³/mol. The standard InChI is InChI=1S/C27H32N8O/c1-27(2,3)35-17-24(32-33-35)25(36)12-19-8-6-5-7-18-11-23(29-15-22(18)19)20-9-10-28-26(13-20)31-21-14-30-34(4)16-21/h9-11,13-17,19H,5-8,12H2,1-4H3,(H,28,31). The molecule has 1 N–H and O–H groups in total. The van der Waals surface area contributed by atoms with Gasteiger partial charge in [0.25, 0.3) is 0 Å². The van der Waals surface area contributed by atoms with Crippen molar-refractivity contribution in [2.24, 2.45) is 7.05 Å². The van der Waals surface area contributed by atoms with Gasteiger partial charge in [-0.3, -0.25) is 14.5 Å². The molecule has 0 amide bonds. The van der Waals surface area contributed by atoms with E-state index in [1.807, 2.05) is 52.3 Å². The Hall–Kier alpha value is -3.88. The van der Waals surface area contributed by atoms with Gasteiger partial charge in [0.05, 0.1) is 29.3 Å². The minimum atomic E-state index is -0.207. The summed E-state index contributed by atoms with van der Waals surface area (Å²) in [6.45, 7) is 6.13. The van der Waals surface area contributed by atoms with E-state index in [0.717, 1.165) is 48.4 Å². The molecule has 186 valence electrons. The number of aromatic nitrogens is 7. The Kier molecular flexibility index (Phi) is 6.38. The molecular formula is C27H32N8O. The third-order valence-corrected chi connectivity index (χ3v) is 6.64. The minimum Gasteiger partial charge on any atom is -0.338 e. The third kappa shape index (κ3) is 5.19. The van der Waals surface area contributed by atoms with E-state index in [-0.39, 0.29) is 17.2 Å². The van der Waals surface area contributed by atoms with Gasteiger partial charge in [-0.15, -0.1) is 5.10 Å². The molecule has 9 heteroatoms. The minimum absolute atomic E-state index is 0.0349. The molecule has 0 saturated carbocycles. The van der Waals surface area contributed by atoms with Crippen LogP contribution in [0.15, 0.2) is 49.2 Å². The van der Waals surface area contributed by atoms with Crippen LogP contribution in [0.4, 0.5) is 11.5 Å². The van der Waals surface area contributed by atoms with Gasteiger partial charge in [0.15, 0.2) is 5.78 Å². The Balaban J connectivity index is 1.36. The van der Waals surface area contributed by atoms with Crippen molar-refractivity contribution in [2.75, 3.05) is 5.32 Å². The van der Waals surface area contributed by atoms with Crippen LogP contribution in [0.5, 0.6) is 0 Å². The summed E-state index contributed by atoms with van der Waals surface area (Å²) < 4.78 is 3.50. The van der Waals surface area contributed by atoms with Gasteiger partial charge in [-0.1, -0.05) is 11.6 Å². The highest BCUT2D eigenvalue weighted by Crippen LogP contribution is 2.35. The molecule has 0 fully saturated rings. The number of Topliss-reactive ketones (excluding diaryl/α,β-unsaturated/α-hetero) is 1. The van der Waals surface area contributed by atoms with Gasteiger partial charge in [0.2, 0.25) is 0 Å². The molecule has 36 heavy (non-hydrogen) atoms. The van der Waals surface area contributed by atoms with Gasteiger partial charge in [-0.2, -0.15) is 5.10 Å². The summed E-state index contributed by atoms with van der Waals surface area (Å²) in [6, 6.07) is 6.15. The van der Waals surface area contributed by atoms with Crippen molar-refractivity contribution in [2.45, 2.75) is 64.3 Å². The highest BCUT2D eigenvalue weighted by atomic mass is 16.1. The highest BCUT2D eigenvalue weighted by Gasteiger charge is 2.25. The van der Waals surface area contributed by atoms with Crippen molar-refractivity contribution in [1.82, 2.24) is 34.7 Å². The van der Waals surface area contributed by atoms with Crippen molar-refractivity contribution >= 4 is 17.3 Å². The maximum Gasteiger partial charge on any atom is 0.185 e. The van der Waals surface area contributed by atoms with E-state index in [9.17, 15) is 4.79 Å². The van der Waals surface area contributed by atoms with Crippen LogP contribution in [0.1, 0.15) is 74.0 Å². The topological polar surface area (TPSA) is 103 Å². The van der Waals surface area contributed by atoms with E-state index in [4.69, 9.17) is 4.98 Å². The third-order valence-electron chi connectivity index (χ3n) is 6.64. The second-order valence-electron chi connectivity index (χ2n) is 10.5. The van der Waals surface area contributed by atoms with Gasteiger partial charge in [0, 0.05) is 37.6 Å². The molecule has 0 aromatic carbocycles. The lowest BCUT2D eigenvalue weighted by molar-refractivity contribution is 0.0967. The number of fused-ring (bicyclic) bond motifs is 1. The second kappa shape index (κ2) is 9.64. The molecule has 0 bridgehead atoms. The lowest BCUT2D eigenvalue weighted by atomic mass is 9.88. The maximum atomic E-state index is 13.1. The summed E-state index contributed by atoms with van der Waals surface area (Å²) in [6.07, 6.45) is 13.8. The molecule has 4 aromatic heterocycles. The Morgan fingerprint density at radius 2 is 2.00 bits per heavy atom. The SMILES string of the molecule is Cn1cc(Nc2cc(-c3cc4c(cn3)C(CC(=O)c3cn(C(C)(C)C)nn3)CCCC4)ccn2)cn1. The van der Waals surface area contributed by atoms with Crippen molar-refractivity contribution in [1.29, 1.82) is 0 Å². The smallest absolute Gasteiger partial charge is 0.185 e. The number of aryl methyl sites for hydroxylation is 2. The monoisotopic (exact) mass is 484 g/mol. The number of rotatable bonds is 6. The van der Waals surface area contributed by atoms with Gasteiger partial charge < -0.3 is 5.32 Å².